The van der Waals surface area contributed by atoms with Gasteiger partial charge in [-0.1, -0.05) is 29.8 Å². The Labute approximate surface area is 155 Å². The molecule has 2 aromatic heterocycles. The minimum atomic E-state index is 0.0446. The Hall–Kier alpha value is -0.890. The summed E-state index contributed by atoms with van der Waals surface area (Å²) < 4.78 is 1.70. The molecule has 5 nitrogen and oxygen atoms in total. The molecule has 1 saturated heterocycles. The van der Waals surface area contributed by atoms with Crippen LogP contribution in [0.5, 0.6) is 0 Å². The summed E-state index contributed by atoms with van der Waals surface area (Å²) in [6, 6.07) is 0. The molecule has 3 heterocycles. The summed E-state index contributed by atoms with van der Waals surface area (Å²) in [6.45, 7) is 5.91. The number of thioether (sulfide) groups is 1. The van der Waals surface area contributed by atoms with E-state index >= 15 is 0 Å². The van der Waals surface area contributed by atoms with Crippen molar-refractivity contribution in [2.24, 2.45) is 0 Å². The molecule has 1 aliphatic rings. The number of carbonyl (C=O) groups is 1. The van der Waals surface area contributed by atoms with Gasteiger partial charge in [-0.25, -0.2) is 9.97 Å². The summed E-state index contributed by atoms with van der Waals surface area (Å²) in [4.78, 5) is 23.1. The highest BCUT2D eigenvalue weighted by atomic mass is 35.5. The van der Waals surface area contributed by atoms with Gasteiger partial charge in [0.15, 0.2) is 0 Å². The van der Waals surface area contributed by atoms with E-state index in [1.54, 1.807) is 0 Å². The van der Waals surface area contributed by atoms with Crippen molar-refractivity contribution in [3.05, 3.63) is 16.2 Å². The lowest BCUT2D eigenvalue weighted by atomic mass is 10.1. The number of likely N-dealkylation sites (tertiary alicyclic amines) is 1. The molecule has 0 radical (unpaired) electrons. The van der Waals surface area contributed by atoms with Crippen LogP contribution in [0.2, 0.25) is 4.34 Å². The normalized spacial score (nSPS) is 15.8. The highest BCUT2D eigenvalue weighted by Gasteiger charge is 2.14. The summed E-state index contributed by atoms with van der Waals surface area (Å²) in [5, 5.41) is 3.82. The number of nitrogens with one attached hydrogen (secondary N) is 1. The van der Waals surface area contributed by atoms with Gasteiger partial charge < -0.3 is 10.2 Å². The maximum Gasteiger partial charge on any atom is 0.230 e. The third kappa shape index (κ3) is 4.39. The number of thiophene rings is 1. The van der Waals surface area contributed by atoms with Gasteiger partial charge in [-0.2, -0.15) is 0 Å². The zero-order valence-corrected chi connectivity index (χ0v) is 16.1. The van der Waals surface area contributed by atoms with Crippen LogP contribution < -0.4 is 5.32 Å². The topological polar surface area (TPSA) is 58.1 Å². The minimum Gasteiger partial charge on any atom is -0.354 e. The Bertz CT molecular complexity index is 715. The second kappa shape index (κ2) is 8.47. The number of aryl methyl sites for hydroxylation is 1. The highest BCUT2D eigenvalue weighted by Crippen LogP contribution is 2.37. The van der Waals surface area contributed by atoms with Gasteiger partial charge in [0.1, 0.15) is 11.4 Å². The molecule has 0 bridgehead atoms. The number of rotatable bonds is 6. The second-order valence-electron chi connectivity index (χ2n) is 5.90. The Morgan fingerprint density at radius 2 is 2.17 bits per heavy atom. The molecule has 0 saturated carbocycles. The van der Waals surface area contributed by atoms with Crippen molar-refractivity contribution in [2.45, 2.75) is 31.2 Å². The maximum atomic E-state index is 12.0. The molecule has 1 amide bonds. The molecular formula is C16H21ClN4OS2. The minimum absolute atomic E-state index is 0.0446. The van der Waals surface area contributed by atoms with E-state index in [1.165, 1.54) is 48.7 Å². The van der Waals surface area contributed by atoms with Crippen LogP contribution in [0.4, 0.5) is 0 Å². The number of amides is 1. The number of nitrogens with zero attached hydrogens (tertiary/aromatic N) is 3. The molecular weight excluding hydrogens is 364 g/mol. The molecule has 130 valence electrons. The lowest BCUT2D eigenvalue weighted by Crippen LogP contribution is -2.38. The van der Waals surface area contributed by atoms with Crippen LogP contribution in [0.1, 0.15) is 24.8 Å². The smallest absolute Gasteiger partial charge is 0.230 e. The van der Waals surface area contributed by atoms with Crippen molar-refractivity contribution < 1.29 is 4.79 Å². The predicted molar refractivity (Wildman–Crippen MR) is 101 cm³/mol. The van der Waals surface area contributed by atoms with Crippen molar-refractivity contribution >= 4 is 50.8 Å². The molecule has 0 unspecified atom stereocenters. The zero-order chi connectivity index (χ0) is 16.9. The van der Waals surface area contributed by atoms with Gasteiger partial charge in [-0.3, -0.25) is 4.79 Å². The molecule has 1 aliphatic heterocycles. The van der Waals surface area contributed by atoms with Crippen LogP contribution in [0.3, 0.4) is 0 Å². The Morgan fingerprint density at radius 3 is 2.96 bits per heavy atom. The third-order valence-corrected chi connectivity index (χ3v) is 6.86. The zero-order valence-electron chi connectivity index (χ0n) is 13.7. The van der Waals surface area contributed by atoms with Crippen molar-refractivity contribution in [1.82, 2.24) is 20.2 Å². The average Bonchev–Trinajstić information content (AvgIpc) is 2.89. The largest absolute Gasteiger partial charge is 0.354 e. The van der Waals surface area contributed by atoms with E-state index in [-0.39, 0.29) is 5.91 Å². The van der Waals surface area contributed by atoms with Gasteiger partial charge in [-0.05, 0) is 32.9 Å². The highest BCUT2D eigenvalue weighted by molar-refractivity contribution is 8.00. The van der Waals surface area contributed by atoms with Gasteiger partial charge in [0.25, 0.3) is 0 Å². The summed E-state index contributed by atoms with van der Waals surface area (Å²) in [7, 11) is 0. The number of aromatic nitrogens is 2. The maximum absolute atomic E-state index is 12.0. The number of halogens is 1. The number of hydrogen-bond acceptors (Lipinski definition) is 6. The number of fused-ring (bicyclic) bond motifs is 1. The van der Waals surface area contributed by atoms with E-state index in [1.807, 2.05) is 6.92 Å². The van der Waals surface area contributed by atoms with Crippen molar-refractivity contribution in [3.8, 4) is 0 Å². The molecule has 24 heavy (non-hydrogen) atoms. The van der Waals surface area contributed by atoms with Crippen LogP contribution in [0.25, 0.3) is 10.2 Å². The molecule has 3 rings (SSSR count). The standard InChI is InChI=1S/C16H21ClN4OS2/c1-11-13-14(24-15(11)17)16(20-10-19-13)23-9-12(22)18-5-8-21-6-3-2-4-7-21/h10H,2-9H2,1H3,(H,18,22). The quantitative estimate of drug-likeness (QED) is 0.611. The average molecular weight is 385 g/mol. The fraction of sp³-hybridized carbons (Fsp3) is 0.562. The van der Waals surface area contributed by atoms with E-state index in [9.17, 15) is 4.79 Å². The fourth-order valence-electron chi connectivity index (χ4n) is 2.80. The Balaban J connectivity index is 1.48. The van der Waals surface area contributed by atoms with Crippen molar-refractivity contribution in [2.75, 3.05) is 31.9 Å². The summed E-state index contributed by atoms with van der Waals surface area (Å²) in [5.74, 6) is 0.406. The van der Waals surface area contributed by atoms with Crippen LogP contribution in [0, 0.1) is 6.92 Å². The lowest BCUT2D eigenvalue weighted by molar-refractivity contribution is -0.118. The fourth-order valence-corrected chi connectivity index (χ4v) is 5.01. The summed E-state index contributed by atoms with van der Waals surface area (Å²) in [5.41, 5.74) is 1.86. The van der Waals surface area contributed by atoms with E-state index in [2.05, 4.69) is 20.2 Å². The molecule has 0 aliphatic carbocycles. The van der Waals surface area contributed by atoms with Gasteiger partial charge >= 0.3 is 0 Å². The molecule has 1 fully saturated rings. The lowest BCUT2D eigenvalue weighted by Gasteiger charge is -2.26. The van der Waals surface area contributed by atoms with Gasteiger partial charge in [0.2, 0.25) is 5.91 Å². The monoisotopic (exact) mass is 384 g/mol. The molecule has 0 aromatic carbocycles. The first-order valence-electron chi connectivity index (χ1n) is 8.16. The van der Waals surface area contributed by atoms with Crippen molar-refractivity contribution in [1.29, 1.82) is 0 Å². The van der Waals surface area contributed by atoms with Gasteiger partial charge in [0, 0.05) is 18.7 Å². The first kappa shape index (κ1) is 17.9. The van der Waals surface area contributed by atoms with Crippen LogP contribution in [0.15, 0.2) is 11.4 Å². The summed E-state index contributed by atoms with van der Waals surface area (Å²) in [6.07, 6.45) is 5.42. The SMILES string of the molecule is Cc1c(Cl)sc2c(SCC(=O)NCCN3CCCCC3)ncnc12. The third-order valence-electron chi connectivity index (χ3n) is 4.15. The number of piperidine rings is 1. The van der Waals surface area contributed by atoms with Crippen LogP contribution >= 0.6 is 34.7 Å². The van der Waals surface area contributed by atoms with Gasteiger partial charge in [0.05, 0.1) is 20.3 Å². The van der Waals surface area contributed by atoms with Crippen molar-refractivity contribution in [3.63, 3.8) is 0 Å². The molecule has 0 spiro atoms. The number of carbonyl (C=O) groups excluding carboxylic acids is 1. The Kier molecular flexibility index (Phi) is 6.32. The van der Waals surface area contributed by atoms with Crippen LogP contribution in [-0.4, -0.2) is 52.7 Å². The van der Waals surface area contributed by atoms with Gasteiger partial charge in [-0.15, -0.1) is 11.3 Å². The molecule has 2 aromatic rings. The summed E-state index contributed by atoms with van der Waals surface area (Å²) >= 11 is 9.10. The van der Waals surface area contributed by atoms with E-state index in [0.717, 1.165) is 44.8 Å². The Morgan fingerprint density at radius 1 is 1.38 bits per heavy atom. The molecule has 0 atom stereocenters. The van der Waals surface area contributed by atoms with E-state index in [4.69, 9.17) is 11.6 Å². The van der Waals surface area contributed by atoms with E-state index < -0.39 is 0 Å². The molecule has 1 N–H and O–H groups in total. The first-order valence-corrected chi connectivity index (χ1v) is 10.3. The second-order valence-corrected chi connectivity index (χ2v) is 8.48. The number of hydrogen-bond donors (Lipinski definition) is 1. The van der Waals surface area contributed by atoms with E-state index in [0.29, 0.717) is 12.3 Å². The predicted octanol–water partition coefficient (Wildman–Crippen LogP) is 3.35. The van der Waals surface area contributed by atoms with Crippen LogP contribution in [-0.2, 0) is 4.79 Å². The first-order chi connectivity index (χ1) is 11.6. The molecule has 8 heteroatoms.